The fourth-order valence-electron chi connectivity index (χ4n) is 0.420. The standard InChI is InChI=1S/C5H13NO2S/c1-5(4-6)2-3-9(7)8/h5H,2-4,6H2,1H3,(H,7,8). The Morgan fingerprint density at radius 1 is 1.78 bits per heavy atom. The molecule has 0 aliphatic carbocycles. The number of nitrogens with two attached hydrogens (primary N) is 1. The second kappa shape index (κ2) is 4.90. The van der Waals surface area contributed by atoms with Crippen molar-refractivity contribution in [3.8, 4) is 0 Å². The second-order valence-corrected chi connectivity index (χ2v) is 3.21. The summed E-state index contributed by atoms with van der Waals surface area (Å²) < 4.78 is 18.4. The first kappa shape index (κ1) is 9.07. The molecule has 0 heterocycles. The third-order valence-electron chi connectivity index (χ3n) is 1.19. The Hall–Kier alpha value is 0.0700. The minimum atomic E-state index is -1.64. The summed E-state index contributed by atoms with van der Waals surface area (Å²) in [5.74, 6) is 0.708. The first-order valence-corrected chi connectivity index (χ1v) is 4.22. The highest BCUT2D eigenvalue weighted by Crippen LogP contribution is 1.98. The summed E-state index contributed by atoms with van der Waals surface area (Å²) in [6.07, 6.45) is 0.736. The van der Waals surface area contributed by atoms with Gasteiger partial charge in [-0.1, -0.05) is 6.92 Å². The molecule has 0 saturated carbocycles. The second-order valence-electron chi connectivity index (χ2n) is 2.16. The number of hydrogen-bond donors (Lipinski definition) is 2. The summed E-state index contributed by atoms with van der Waals surface area (Å²) >= 11 is -1.64. The topological polar surface area (TPSA) is 63.3 Å². The fraction of sp³-hybridized carbons (Fsp3) is 1.00. The molecule has 4 heteroatoms. The summed E-state index contributed by atoms with van der Waals surface area (Å²) in [6.45, 7) is 2.56. The lowest BCUT2D eigenvalue weighted by atomic mass is 10.1. The van der Waals surface area contributed by atoms with E-state index in [1.165, 1.54) is 0 Å². The number of hydrogen-bond acceptors (Lipinski definition) is 2. The highest BCUT2D eigenvalue weighted by molar-refractivity contribution is 7.79. The summed E-state index contributed by atoms with van der Waals surface area (Å²) in [5.41, 5.74) is 5.28. The van der Waals surface area contributed by atoms with E-state index in [-0.39, 0.29) is 0 Å². The van der Waals surface area contributed by atoms with E-state index in [0.29, 0.717) is 18.2 Å². The van der Waals surface area contributed by atoms with Gasteiger partial charge < -0.3 is 10.3 Å². The SMILES string of the molecule is CC(CN)CCS(=O)O. The van der Waals surface area contributed by atoms with Crippen molar-refractivity contribution in [3.63, 3.8) is 0 Å². The van der Waals surface area contributed by atoms with Crippen LogP contribution in [0.2, 0.25) is 0 Å². The van der Waals surface area contributed by atoms with Crippen molar-refractivity contribution in [2.75, 3.05) is 12.3 Å². The van der Waals surface area contributed by atoms with E-state index in [9.17, 15) is 4.21 Å². The van der Waals surface area contributed by atoms with Crippen LogP contribution in [0.5, 0.6) is 0 Å². The predicted molar refractivity (Wildman–Crippen MR) is 38.5 cm³/mol. The average Bonchev–Trinajstić information content (AvgIpc) is 1.83. The first-order chi connectivity index (χ1) is 4.16. The summed E-state index contributed by atoms with van der Waals surface area (Å²) in [6, 6.07) is 0. The molecule has 0 amide bonds. The van der Waals surface area contributed by atoms with Gasteiger partial charge in [-0.15, -0.1) is 0 Å². The molecule has 0 aromatic carbocycles. The zero-order valence-corrected chi connectivity index (χ0v) is 6.36. The van der Waals surface area contributed by atoms with Gasteiger partial charge in [-0.3, -0.25) is 0 Å². The normalized spacial score (nSPS) is 17.2. The quantitative estimate of drug-likeness (QED) is 0.564. The molecule has 3 nitrogen and oxygen atoms in total. The molecule has 9 heavy (non-hydrogen) atoms. The van der Waals surface area contributed by atoms with Crippen LogP contribution >= 0.6 is 0 Å². The van der Waals surface area contributed by atoms with E-state index in [2.05, 4.69) is 0 Å². The number of rotatable bonds is 4. The Morgan fingerprint density at radius 2 is 2.33 bits per heavy atom. The van der Waals surface area contributed by atoms with Gasteiger partial charge in [0.05, 0.1) is 0 Å². The lowest BCUT2D eigenvalue weighted by Crippen LogP contribution is -2.13. The Balaban J connectivity index is 3.16. The Bertz CT molecular complexity index is 97.0. The highest BCUT2D eigenvalue weighted by Gasteiger charge is 2.00. The minimum absolute atomic E-state index is 0.346. The molecule has 0 fully saturated rings. The van der Waals surface area contributed by atoms with Crippen LogP contribution in [0, 0.1) is 5.92 Å². The van der Waals surface area contributed by atoms with Gasteiger partial charge in [0.25, 0.3) is 0 Å². The van der Waals surface area contributed by atoms with Gasteiger partial charge in [-0.25, -0.2) is 4.21 Å². The van der Waals surface area contributed by atoms with Crippen LogP contribution in [0.25, 0.3) is 0 Å². The van der Waals surface area contributed by atoms with Crippen molar-refractivity contribution >= 4 is 11.1 Å². The zero-order chi connectivity index (χ0) is 7.28. The third kappa shape index (κ3) is 5.95. The van der Waals surface area contributed by atoms with Gasteiger partial charge in [0.1, 0.15) is 0 Å². The fourth-order valence-corrected chi connectivity index (χ4v) is 1.02. The van der Waals surface area contributed by atoms with E-state index < -0.39 is 11.1 Å². The maximum absolute atomic E-state index is 10.1. The van der Waals surface area contributed by atoms with Gasteiger partial charge >= 0.3 is 0 Å². The highest BCUT2D eigenvalue weighted by atomic mass is 32.2. The van der Waals surface area contributed by atoms with Crippen molar-refractivity contribution < 1.29 is 8.76 Å². The smallest absolute Gasteiger partial charge is 0.152 e. The Kier molecular flexibility index (Phi) is 4.94. The minimum Gasteiger partial charge on any atom is -0.330 e. The van der Waals surface area contributed by atoms with E-state index in [4.69, 9.17) is 10.3 Å². The molecule has 2 atom stereocenters. The first-order valence-electron chi connectivity index (χ1n) is 2.94. The molecular weight excluding hydrogens is 138 g/mol. The summed E-state index contributed by atoms with van der Waals surface area (Å²) in [4.78, 5) is 0. The third-order valence-corrected chi connectivity index (χ3v) is 1.77. The molecule has 2 unspecified atom stereocenters. The molecule has 56 valence electrons. The van der Waals surface area contributed by atoms with Crippen LogP contribution in [0.1, 0.15) is 13.3 Å². The van der Waals surface area contributed by atoms with E-state index in [0.717, 1.165) is 6.42 Å². The van der Waals surface area contributed by atoms with Crippen molar-refractivity contribution in [1.82, 2.24) is 0 Å². The van der Waals surface area contributed by atoms with Gasteiger partial charge in [0.2, 0.25) is 0 Å². The molecule has 0 aliphatic heterocycles. The van der Waals surface area contributed by atoms with Gasteiger partial charge in [0, 0.05) is 5.75 Å². The molecule has 0 aliphatic rings. The molecule has 0 spiro atoms. The van der Waals surface area contributed by atoms with E-state index in [1.54, 1.807) is 0 Å². The van der Waals surface area contributed by atoms with E-state index >= 15 is 0 Å². The zero-order valence-electron chi connectivity index (χ0n) is 5.54. The van der Waals surface area contributed by atoms with Gasteiger partial charge in [-0.2, -0.15) is 0 Å². The maximum Gasteiger partial charge on any atom is 0.152 e. The molecule has 3 N–H and O–H groups in total. The van der Waals surface area contributed by atoms with Crippen LogP contribution in [0.4, 0.5) is 0 Å². The van der Waals surface area contributed by atoms with Crippen LogP contribution in [0.15, 0.2) is 0 Å². The lowest BCUT2D eigenvalue weighted by molar-refractivity contribution is 0.536. The molecule has 0 radical (unpaired) electrons. The Labute approximate surface area is 57.9 Å². The van der Waals surface area contributed by atoms with Gasteiger partial charge in [-0.05, 0) is 18.9 Å². The van der Waals surface area contributed by atoms with E-state index in [1.807, 2.05) is 6.92 Å². The molecule has 0 aromatic rings. The summed E-state index contributed by atoms with van der Waals surface area (Å²) in [5, 5.41) is 0. The average molecular weight is 151 g/mol. The molecule has 0 aromatic heterocycles. The Morgan fingerprint density at radius 3 is 2.67 bits per heavy atom. The molecule has 0 bridgehead atoms. The van der Waals surface area contributed by atoms with Crippen LogP contribution in [-0.4, -0.2) is 21.1 Å². The van der Waals surface area contributed by atoms with Crippen LogP contribution in [-0.2, 0) is 11.1 Å². The lowest BCUT2D eigenvalue weighted by Gasteiger charge is -2.03. The van der Waals surface area contributed by atoms with Crippen LogP contribution in [0.3, 0.4) is 0 Å². The maximum atomic E-state index is 10.1. The predicted octanol–water partition coefficient (Wildman–Crippen LogP) is 0.193. The molecular formula is C5H13NO2S. The molecule has 0 rings (SSSR count). The van der Waals surface area contributed by atoms with Crippen molar-refractivity contribution in [2.24, 2.45) is 11.7 Å². The van der Waals surface area contributed by atoms with Gasteiger partial charge in [0.15, 0.2) is 11.1 Å². The van der Waals surface area contributed by atoms with Crippen molar-refractivity contribution in [1.29, 1.82) is 0 Å². The van der Waals surface area contributed by atoms with Crippen molar-refractivity contribution in [3.05, 3.63) is 0 Å². The largest absolute Gasteiger partial charge is 0.330 e. The van der Waals surface area contributed by atoms with Crippen molar-refractivity contribution in [2.45, 2.75) is 13.3 Å². The summed E-state index contributed by atoms with van der Waals surface area (Å²) in [7, 11) is 0. The monoisotopic (exact) mass is 151 g/mol. The van der Waals surface area contributed by atoms with Crippen LogP contribution < -0.4 is 5.73 Å². The molecule has 0 saturated heterocycles.